The number of hydrogen-bond donors (Lipinski definition) is 1. The monoisotopic (exact) mass is 189 g/mol. The Kier molecular flexibility index (Phi) is 2.10. The van der Waals surface area contributed by atoms with Crippen LogP contribution in [0.3, 0.4) is 0 Å². The molecule has 1 radical (unpaired) electrons. The number of nitrogens with two attached hydrogens (primary N) is 1. The van der Waals surface area contributed by atoms with Crippen LogP contribution in [0, 0.1) is 6.26 Å². The number of nitrogen functional groups attached to an aromatic ring is 1. The highest BCUT2D eigenvalue weighted by Gasteiger charge is 1.96. The third-order valence-corrected chi connectivity index (χ3v) is 2.44. The van der Waals surface area contributed by atoms with E-state index in [0.29, 0.717) is 5.82 Å². The van der Waals surface area contributed by atoms with E-state index in [1.807, 2.05) is 24.3 Å². The van der Waals surface area contributed by atoms with Gasteiger partial charge in [-0.25, -0.2) is 4.98 Å². The Labute approximate surface area is 81.2 Å². The van der Waals surface area contributed by atoms with Crippen LogP contribution in [0.2, 0.25) is 0 Å². The normalized spacial score (nSPS) is 10.5. The van der Waals surface area contributed by atoms with Crippen molar-refractivity contribution in [2.24, 2.45) is 0 Å². The van der Waals surface area contributed by atoms with Gasteiger partial charge in [0.15, 0.2) is 0 Å². The minimum Gasteiger partial charge on any atom is -0.384 e. The molecule has 1 aromatic heterocycles. The summed E-state index contributed by atoms with van der Waals surface area (Å²) in [6.45, 7) is 0. The minimum absolute atomic E-state index is 0.554. The molecule has 0 fully saturated rings. The molecule has 0 atom stereocenters. The lowest BCUT2D eigenvalue weighted by atomic mass is 10.2. The average Bonchev–Trinajstić information content (AvgIpc) is 2.16. The first kappa shape index (κ1) is 8.38. The van der Waals surface area contributed by atoms with Gasteiger partial charge in [-0.15, -0.1) is 11.8 Å². The van der Waals surface area contributed by atoms with E-state index in [2.05, 4.69) is 11.2 Å². The maximum Gasteiger partial charge on any atom is 0.124 e. The van der Waals surface area contributed by atoms with Crippen molar-refractivity contribution in [2.45, 2.75) is 4.90 Å². The van der Waals surface area contributed by atoms with Crippen LogP contribution in [0.5, 0.6) is 0 Å². The molecule has 1 aromatic carbocycles. The summed E-state index contributed by atoms with van der Waals surface area (Å²) in [5.74, 6) is 0.554. The molecule has 0 spiro atoms. The third kappa shape index (κ3) is 1.60. The van der Waals surface area contributed by atoms with Crippen LogP contribution in [0.15, 0.2) is 35.2 Å². The smallest absolute Gasteiger partial charge is 0.124 e. The van der Waals surface area contributed by atoms with Crippen LogP contribution in [-0.2, 0) is 0 Å². The Bertz CT molecular complexity index is 440. The van der Waals surface area contributed by atoms with E-state index in [1.54, 1.807) is 6.07 Å². The highest BCUT2D eigenvalue weighted by atomic mass is 32.2. The van der Waals surface area contributed by atoms with E-state index in [4.69, 9.17) is 5.73 Å². The number of pyridine rings is 1. The molecule has 0 bridgehead atoms. The molecule has 65 valence electrons. The lowest BCUT2D eigenvalue weighted by molar-refractivity contribution is 1.38. The van der Waals surface area contributed by atoms with Gasteiger partial charge >= 0.3 is 0 Å². The number of thioether (sulfide) groups is 1. The molecule has 0 saturated carbocycles. The fourth-order valence-corrected chi connectivity index (χ4v) is 1.56. The van der Waals surface area contributed by atoms with Gasteiger partial charge in [-0.2, -0.15) is 0 Å². The molecule has 2 rings (SSSR count). The van der Waals surface area contributed by atoms with Crippen LogP contribution < -0.4 is 5.73 Å². The highest BCUT2D eigenvalue weighted by Crippen LogP contribution is 2.21. The largest absolute Gasteiger partial charge is 0.384 e. The average molecular weight is 189 g/mol. The predicted molar refractivity (Wildman–Crippen MR) is 57.4 cm³/mol. The summed E-state index contributed by atoms with van der Waals surface area (Å²) in [6, 6.07) is 9.81. The van der Waals surface area contributed by atoms with E-state index in [-0.39, 0.29) is 0 Å². The van der Waals surface area contributed by atoms with E-state index in [0.717, 1.165) is 15.8 Å². The maximum absolute atomic E-state index is 5.58. The second-order valence-electron chi connectivity index (χ2n) is 2.73. The van der Waals surface area contributed by atoms with Crippen molar-refractivity contribution in [3.8, 4) is 0 Å². The van der Waals surface area contributed by atoms with Gasteiger partial charge in [0.1, 0.15) is 5.82 Å². The molecule has 0 saturated heterocycles. The van der Waals surface area contributed by atoms with Crippen molar-refractivity contribution in [1.29, 1.82) is 0 Å². The van der Waals surface area contributed by atoms with Gasteiger partial charge in [-0.3, -0.25) is 0 Å². The Hall–Kier alpha value is -1.22. The minimum atomic E-state index is 0.554. The Morgan fingerprint density at radius 2 is 2.00 bits per heavy atom. The molecular weight excluding hydrogens is 180 g/mol. The number of aromatic nitrogens is 1. The molecule has 2 nitrogen and oxygen atoms in total. The zero-order valence-corrected chi connectivity index (χ0v) is 7.84. The van der Waals surface area contributed by atoms with Crippen molar-refractivity contribution >= 4 is 28.5 Å². The van der Waals surface area contributed by atoms with Crippen molar-refractivity contribution < 1.29 is 0 Å². The number of fused-ring (bicyclic) bond motifs is 1. The summed E-state index contributed by atoms with van der Waals surface area (Å²) in [6.07, 6.45) is 3.74. The molecule has 0 aliphatic rings. The van der Waals surface area contributed by atoms with Crippen molar-refractivity contribution in [3.63, 3.8) is 0 Å². The standard InChI is InChI=1S/C10H9N2S/c1-13-8-4-2-7-3-5-10(11)12-9(7)6-8/h2-6H,1H2,(H2,11,12). The van der Waals surface area contributed by atoms with E-state index >= 15 is 0 Å². The van der Waals surface area contributed by atoms with E-state index < -0.39 is 0 Å². The number of anilines is 1. The van der Waals surface area contributed by atoms with Crippen LogP contribution in [-0.4, -0.2) is 4.98 Å². The third-order valence-electron chi connectivity index (χ3n) is 1.85. The van der Waals surface area contributed by atoms with Gasteiger partial charge < -0.3 is 5.73 Å². The number of nitrogens with zero attached hydrogens (tertiary/aromatic N) is 1. The molecule has 0 unspecified atom stereocenters. The number of hydrogen-bond acceptors (Lipinski definition) is 3. The summed E-state index contributed by atoms with van der Waals surface area (Å²) >= 11 is 1.46. The first-order valence-electron chi connectivity index (χ1n) is 3.88. The fourth-order valence-electron chi connectivity index (χ4n) is 1.20. The van der Waals surface area contributed by atoms with Crippen LogP contribution >= 0.6 is 11.8 Å². The quantitative estimate of drug-likeness (QED) is 0.701. The van der Waals surface area contributed by atoms with Crippen molar-refractivity contribution in [1.82, 2.24) is 4.98 Å². The first-order chi connectivity index (χ1) is 6.29. The lowest BCUT2D eigenvalue weighted by Crippen LogP contribution is -1.89. The second kappa shape index (κ2) is 3.26. The Morgan fingerprint density at radius 1 is 1.23 bits per heavy atom. The summed E-state index contributed by atoms with van der Waals surface area (Å²) < 4.78 is 0. The molecular formula is C10H9N2S. The Balaban J connectivity index is 2.68. The molecule has 0 amide bonds. The SMILES string of the molecule is [CH2]Sc1ccc2ccc(N)nc2c1. The molecule has 0 aliphatic heterocycles. The van der Waals surface area contributed by atoms with Gasteiger partial charge in [0.05, 0.1) is 5.52 Å². The molecule has 3 heteroatoms. The zero-order chi connectivity index (χ0) is 9.26. The van der Waals surface area contributed by atoms with Crippen molar-refractivity contribution in [2.75, 3.05) is 5.73 Å². The predicted octanol–water partition coefficient (Wildman–Crippen LogP) is 2.70. The lowest BCUT2D eigenvalue weighted by Gasteiger charge is -2.00. The summed E-state index contributed by atoms with van der Waals surface area (Å²) in [4.78, 5) is 5.32. The van der Waals surface area contributed by atoms with Gasteiger partial charge in [0.2, 0.25) is 0 Å². The van der Waals surface area contributed by atoms with Gasteiger partial charge in [0, 0.05) is 16.5 Å². The maximum atomic E-state index is 5.58. The molecule has 2 aromatic rings. The van der Waals surface area contributed by atoms with Gasteiger partial charge in [-0.1, -0.05) is 6.07 Å². The van der Waals surface area contributed by atoms with Gasteiger partial charge in [0.25, 0.3) is 0 Å². The molecule has 0 aliphatic carbocycles. The second-order valence-corrected chi connectivity index (χ2v) is 3.50. The van der Waals surface area contributed by atoms with Gasteiger partial charge in [-0.05, 0) is 24.3 Å². The van der Waals surface area contributed by atoms with Crippen LogP contribution in [0.4, 0.5) is 5.82 Å². The molecule has 1 heterocycles. The molecule has 2 N–H and O–H groups in total. The highest BCUT2D eigenvalue weighted by molar-refractivity contribution is 8.00. The van der Waals surface area contributed by atoms with E-state index in [1.165, 1.54) is 11.8 Å². The first-order valence-corrected chi connectivity index (χ1v) is 4.86. The summed E-state index contributed by atoms with van der Waals surface area (Å²) in [5.41, 5.74) is 6.51. The van der Waals surface area contributed by atoms with Crippen molar-refractivity contribution in [3.05, 3.63) is 36.6 Å². The fraction of sp³-hybridized carbons (Fsp3) is 0. The Morgan fingerprint density at radius 3 is 2.77 bits per heavy atom. The number of rotatable bonds is 1. The topological polar surface area (TPSA) is 38.9 Å². The van der Waals surface area contributed by atoms with E-state index in [9.17, 15) is 0 Å². The van der Waals surface area contributed by atoms with Crippen LogP contribution in [0.1, 0.15) is 0 Å². The molecule has 13 heavy (non-hydrogen) atoms. The summed E-state index contributed by atoms with van der Waals surface area (Å²) in [5, 5.41) is 1.10. The summed E-state index contributed by atoms with van der Waals surface area (Å²) in [7, 11) is 0. The number of benzene rings is 1. The van der Waals surface area contributed by atoms with Crippen LogP contribution in [0.25, 0.3) is 10.9 Å². The zero-order valence-electron chi connectivity index (χ0n) is 7.03.